The minimum Gasteiger partial charge on any atom is -0.481 e. The second-order valence-electron chi connectivity index (χ2n) is 5.52. The van der Waals surface area contributed by atoms with Crippen molar-refractivity contribution in [2.75, 3.05) is 0 Å². The molecule has 4 nitrogen and oxygen atoms in total. The Hall–Kier alpha value is -1.32. The average molecular weight is 298 g/mol. The predicted molar refractivity (Wildman–Crippen MR) is 84.4 cm³/mol. The fourth-order valence-electron chi connectivity index (χ4n) is 2.22. The van der Waals surface area contributed by atoms with E-state index in [1.807, 2.05) is 6.08 Å². The summed E-state index contributed by atoms with van der Waals surface area (Å²) in [5, 5.41) is 17.0. The molecule has 2 N–H and O–H groups in total. The molecular formula is C17H30O4. The Morgan fingerprint density at radius 1 is 0.571 bits per heavy atom. The fourth-order valence-corrected chi connectivity index (χ4v) is 2.22. The van der Waals surface area contributed by atoms with Crippen LogP contribution in [0.1, 0.15) is 83.5 Å². The van der Waals surface area contributed by atoms with Crippen LogP contribution in [0.4, 0.5) is 0 Å². The van der Waals surface area contributed by atoms with E-state index in [4.69, 9.17) is 10.2 Å². The van der Waals surface area contributed by atoms with Gasteiger partial charge in [0, 0.05) is 12.8 Å². The molecule has 122 valence electrons. The monoisotopic (exact) mass is 298 g/mol. The highest BCUT2D eigenvalue weighted by molar-refractivity contribution is 5.66. The second kappa shape index (κ2) is 15.1. The van der Waals surface area contributed by atoms with Gasteiger partial charge in [0.15, 0.2) is 0 Å². The van der Waals surface area contributed by atoms with E-state index >= 15 is 0 Å². The molecule has 0 aromatic rings. The molecule has 0 radical (unpaired) electrons. The summed E-state index contributed by atoms with van der Waals surface area (Å²) < 4.78 is 0. The van der Waals surface area contributed by atoms with Crippen molar-refractivity contribution in [3.05, 3.63) is 12.2 Å². The highest BCUT2D eigenvalue weighted by Crippen LogP contribution is 2.11. The Balaban J connectivity index is 3.09. The maximum Gasteiger partial charge on any atom is 0.303 e. The van der Waals surface area contributed by atoms with E-state index in [-0.39, 0.29) is 6.42 Å². The standard InChI is InChI=1S/C17H30O4/c18-16(19)14-12-10-8-6-4-2-1-3-5-7-9-11-13-15-17(20)21/h8,10H,1-7,9,11-15H2,(H,18,19)(H,20,21)/b10-8-. The van der Waals surface area contributed by atoms with Crippen molar-refractivity contribution >= 4 is 11.9 Å². The quantitative estimate of drug-likeness (QED) is 0.337. The molecule has 4 heteroatoms. The van der Waals surface area contributed by atoms with E-state index in [1.165, 1.54) is 38.5 Å². The summed E-state index contributed by atoms with van der Waals surface area (Å²) in [7, 11) is 0. The molecule has 0 aromatic heterocycles. The number of carboxylic acid groups (broad SMARTS) is 2. The van der Waals surface area contributed by atoms with Crippen LogP contribution < -0.4 is 0 Å². The van der Waals surface area contributed by atoms with E-state index in [2.05, 4.69) is 6.08 Å². The van der Waals surface area contributed by atoms with Gasteiger partial charge in [0.2, 0.25) is 0 Å². The first kappa shape index (κ1) is 19.7. The third-order valence-corrected chi connectivity index (χ3v) is 3.45. The molecule has 0 fully saturated rings. The Morgan fingerprint density at radius 3 is 1.52 bits per heavy atom. The number of carbonyl (C=O) groups is 2. The van der Waals surface area contributed by atoms with Gasteiger partial charge < -0.3 is 10.2 Å². The van der Waals surface area contributed by atoms with Crippen molar-refractivity contribution in [2.24, 2.45) is 0 Å². The molecule has 0 amide bonds. The summed E-state index contributed by atoms with van der Waals surface area (Å²) in [4.78, 5) is 20.6. The van der Waals surface area contributed by atoms with Crippen LogP contribution in [0.5, 0.6) is 0 Å². The molecule has 0 bridgehead atoms. The summed E-state index contributed by atoms with van der Waals surface area (Å²) >= 11 is 0. The number of rotatable bonds is 15. The number of carboxylic acids is 2. The minimum absolute atomic E-state index is 0.225. The summed E-state index contributed by atoms with van der Waals surface area (Å²) in [5.74, 6) is -1.42. The van der Waals surface area contributed by atoms with Gasteiger partial charge in [-0.3, -0.25) is 9.59 Å². The molecule has 0 spiro atoms. The average Bonchev–Trinajstić information content (AvgIpc) is 2.42. The number of hydrogen-bond acceptors (Lipinski definition) is 2. The molecule has 0 aromatic carbocycles. The van der Waals surface area contributed by atoms with Crippen molar-refractivity contribution < 1.29 is 19.8 Å². The number of hydrogen-bond donors (Lipinski definition) is 2. The van der Waals surface area contributed by atoms with Crippen molar-refractivity contribution in [3.63, 3.8) is 0 Å². The van der Waals surface area contributed by atoms with E-state index in [1.54, 1.807) is 0 Å². The van der Waals surface area contributed by atoms with Crippen LogP contribution >= 0.6 is 0 Å². The molecule has 0 aliphatic rings. The Labute approximate surface area is 128 Å². The zero-order valence-electron chi connectivity index (χ0n) is 13.1. The van der Waals surface area contributed by atoms with Gasteiger partial charge in [-0.1, -0.05) is 57.1 Å². The Kier molecular flexibility index (Phi) is 14.1. The smallest absolute Gasteiger partial charge is 0.303 e. The molecular weight excluding hydrogens is 268 g/mol. The Bertz CT molecular complexity index is 297. The van der Waals surface area contributed by atoms with Crippen LogP contribution in [0.3, 0.4) is 0 Å². The maximum absolute atomic E-state index is 10.3. The third-order valence-electron chi connectivity index (χ3n) is 3.45. The van der Waals surface area contributed by atoms with Crippen LogP contribution in [0, 0.1) is 0 Å². The molecule has 0 aliphatic heterocycles. The number of unbranched alkanes of at least 4 members (excludes halogenated alkanes) is 9. The van der Waals surface area contributed by atoms with Crippen LogP contribution in [-0.2, 0) is 9.59 Å². The molecule has 21 heavy (non-hydrogen) atoms. The molecule has 0 aliphatic carbocycles. The van der Waals surface area contributed by atoms with Gasteiger partial charge in [0.05, 0.1) is 0 Å². The fraction of sp³-hybridized carbons (Fsp3) is 0.765. The zero-order chi connectivity index (χ0) is 15.8. The van der Waals surface area contributed by atoms with Gasteiger partial charge in [0.1, 0.15) is 0 Å². The molecule has 0 saturated heterocycles. The first-order chi connectivity index (χ1) is 10.1. The van der Waals surface area contributed by atoms with Gasteiger partial charge in [-0.15, -0.1) is 0 Å². The van der Waals surface area contributed by atoms with Gasteiger partial charge in [-0.25, -0.2) is 0 Å². The SMILES string of the molecule is O=C(O)CC/C=C\CCCCCCCCCCCC(=O)O. The van der Waals surface area contributed by atoms with Crippen molar-refractivity contribution in [1.82, 2.24) is 0 Å². The molecule has 0 unspecified atom stereocenters. The summed E-state index contributed by atoms with van der Waals surface area (Å²) in [6.07, 6.45) is 16.7. The first-order valence-corrected chi connectivity index (χ1v) is 8.21. The van der Waals surface area contributed by atoms with Gasteiger partial charge >= 0.3 is 11.9 Å². The lowest BCUT2D eigenvalue weighted by atomic mass is 10.1. The number of allylic oxidation sites excluding steroid dienone is 2. The zero-order valence-corrected chi connectivity index (χ0v) is 13.1. The van der Waals surface area contributed by atoms with Crippen LogP contribution in [0.25, 0.3) is 0 Å². The largest absolute Gasteiger partial charge is 0.481 e. The highest BCUT2D eigenvalue weighted by atomic mass is 16.4. The lowest BCUT2D eigenvalue weighted by Crippen LogP contribution is -1.93. The Morgan fingerprint density at radius 2 is 1.00 bits per heavy atom. The van der Waals surface area contributed by atoms with E-state index in [0.717, 1.165) is 25.7 Å². The highest BCUT2D eigenvalue weighted by Gasteiger charge is 1.96. The topological polar surface area (TPSA) is 74.6 Å². The summed E-state index contributed by atoms with van der Waals surface area (Å²) in [6.45, 7) is 0. The molecule has 0 atom stereocenters. The molecule has 0 saturated carbocycles. The van der Waals surface area contributed by atoms with Gasteiger partial charge in [0.25, 0.3) is 0 Å². The number of aliphatic carboxylic acids is 2. The third kappa shape index (κ3) is 18.7. The maximum atomic E-state index is 10.3. The van der Waals surface area contributed by atoms with E-state index in [9.17, 15) is 9.59 Å². The van der Waals surface area contributed by atoms with Crippen molar-refractivity contribution in [3.8, 4) is 0 Å². The van der Waals surface area contributed by atoms with Crippen molar-refractivity contribution in [1.29, 1.82) is 0 Å². The predicted octanol–water partition coefficient (Wildman–Crippen LogP) is 4.78. The molecule has 0 rings (SSSR count). The molecule has 0 heterocycles. The summed E-state index contributed by atoms with van der Waals surface area (Å²) in [6, 6.07) is 0. The first-order valence-electron chi connectivity index (χ1n) is 8.21. The van der Waals surface area contributed by atoms with Crippen LogP contribution in [0.15, 0.2) is 12.2 Å². The lowest BCUT2D eigenvalue weighted by Gasteiger charge is -2.01. The summed E-state index contributed by atoms with van der Waals surface area (Å²) in [5.41, 5.74) is 0. The van der Waals surface area contributed by atoms with Crippen molar-refractivity contribution in [2.45, 2.75) is 83.5 Å². The minimum atomic E-state index is -0.734. The van der Waals surface area contributed by atoms with Gasteiger partial charge in [-0.05, 0) is 25.7 Å². The normalized spacial score (nSPS) is 11.0. The lowest BCUT2D eigenvalue weighted by molar-refractivity contribution is -0.138. The van der Waals surface area contributed by atoms with Crippen LogP contribution in [-0.4, -0.2) is 22.2 Å². The van der Waals surface area contributed by atoms with Crippen LogP contribution in [0.2, 0.25) is 0 Å². The van der Waals surface area contributed by atoms with Gasteiger partial charge in [-0.2, -0.15) is 0 Å². The van der Waals surface area contributed by atoms with E-state index < -0.39 is 11.9 Å². The van der Waals surface area contributed by atoms with E-state index in [0.29, 0.717) is 12.8 Å². The second-order valence-corrected chi connectivity index (χ2v) is 5.52.